The molecule has 1 rings (SSSR count). The molecule has 7 nitrogen and oxygen atoms in total. The predicted octanol–water partition coefficient (Wildman–Crippen LogP) is 2.87. The lowest BCUT2D eigenvalue weighted by Gasteiger charge is -2.29. The van der Waals surface area contributed by atoms with E-state index in [1.165, 1.54) is 29.8 Å². The minimum atomic E-state index is -0.833. The Morgan fingerprint density at radius 3 is 1.52 bits per heavy atom. The van der Waals surface area contributed by atoms with Crippen molar-refractivity contribution in [3.8, 4) is 24.3 Å². The number of nitrogens with zero attached hydrogens (tertiary/aromatic N) is 4. The van der Waals surface area contributed by atoms with E-state index in [0.29, 0.717) is 5.78 Å². The highest BCUT2D eigenvalue weighted by molar-refractivity contribution is 5.96. The van der Waals surface area contributed by atoms with E-state index < -0.39 is 5.97 Å². The molecule has 0 aliphatic heterocycles. The van der Waals surface area contributed by atoms with Crippen LogP contribution in [0.25, 0.3) is 0 Å². The van der Waals surface area contributed by atoms with Gasteiger partial charge in [0.05, 0.1) is 0 Å². The standard InChI is InChI=1S/C10H16O.2C2N2.C2H4O2/c1-7-5-10(3,4)6-9(11)8(7)2;2*3-1-2-4;1-2(3)4/h5-6H2,1-4H3;;;1H3,(H,3,4). The lowest BCUT2D eigenvalue weighted by Crippen LogP contribution is -2.23. The van der Waals surface area contributed by atoms with Gasteiger partial charge in [0.25, 0.3) is 5.97 Å². The monoisotopic (exact) mass is 316 g/mol. The average Bonchev–Trinajstić information content (AvgIpc) is 2.44. The number of rotatable bonds is 0. The van der Waals surface area contributed by atoms with Crippen LogP contribution < -0.4 is 0 Å². The molecule has 0 bridgehead atoms. The Balaban J connectivity index is -0.000000278. The smallest absolute Gasteiger partial charge is 0.300 e. The largest absolute Gasteiger partial charge is 0.481 e. The number of Topliss-reactive ketones (excluding diaryl/α,β-unsaturated/α-hetero) is 1. The maximum atomic E-state index is 11.4. The molecule has 23 heavy (non-hydrogen) atoms. The van der Waals surface area contributed by atoms with E-state index in [4.69, 9.17) is 30.9 Å². The van der Waals surface area contributed by atoms with E-state index in [1.807, 2.05) is 6.92 Å². The normalized spacial score (nSPS) is 13.5. The number of carbonyl (C=O) groups excluding carboxylic acids is 1. The van der Waals surface area contributed by atoms with Gasteiger partial charge in [-0.15, -0.1) is 0 Å². The number of allylic oxidation sites excluding steroid dienone is 2. The number of ketones is 1. The lowest BCUT2D eigenvalue weighted by atomic mass is 9.74. The quantitative estimate of drug-likeness (QED) is 0.721. The van der Waals surface area contributed by atoms with Crippen LogP contribution in [0.3, 0.4) is 0 Å². The number of hydrogen-bond acceptors (Lipinski definition) is 6. The van der Waals surface area contributed by atoms with Gasteiger partial charge in [0.1, 0.15) is 0 Å². The number of carboxylic acids is 1. The summed E-state index contributed by atoms with van der Waals surface area (Å²) in [7, 11) is 0. The van der Waals surface area contributed by atoms with Crippen molar-refractivity contribution in [1.29, 1.82) is 21.0 Å². The fourth-order valence-electron chi connectivity index (χ4n) is 1.72. The van der Waals surface area contributed by atoms with Crippen molar-refractivity contribution in [2.45, 2.75) is 47.5 Å². The molecule has 0 radical (unpaired) electrons. The molecule has 0 aromatic carbocycles. The highest BCUT2D eigenvalue weighted by atomic mass is 16.4. The molecule has 0 unspecified atom stereocenters. The Bertz CT molecular complexity index is 553. The molecule has 0 atom stereocenters. The topological polar surface area (TPSA) is 150 Å². The van der Waals surface area contributed by atoms with Crippen LogP contribution in [0, 0.1) is 50.7 Å². The van der Waals surface area contributed by atoms with Gasteiger partial charge >= 0.3 is 0 Å². The maximum Gasteiger partial charge on any atom is 0.300 e. The van der Waals surface area contributed by atoms with Gasteiger partial charge in [-0.2, -0.15) is 21.0 Å². The first-order valence-corrected chi connectivity index (χ1v) is 6.44. The van der Waals surface area contributed by atoms with Crippen molar-refractivity contribution < 1.29 is 14.7 Å². The van der Waals surface area contributed by atoms with Crippen LogP contribution in [0.4, 0.5) is 0 Å². The van der Waals surface area contributed by atoms with Crippen molar-refractivity contribution >= 4 is 11.8 Å². The molecule has 0 saturated carbocycles. The summed E-state index contributed by atoms with van der Waals surface area (Å²) in [6, 6.07) is 4.94. The summed E-state index contributed by atoms with van der Waals surface area (Å²) in [6.07, 6.45) is 1.79. The maximum absolute atomic E-state index is 11.4. The predicted molar refractivity (Wildman–Crippen MR) is 82.2 cm³/mol. The molecule has 0 spiro atoms. The van der Waals surface area contributed by atoms with Crippen molar-refractivity contribution in [3.63, 3.8) is 0 Å². The molecular weight excluding hydrogens is 296 g/mol. The Hall–Kier alpha value is -3.16. The summed E-state index contributed by atoms with van der Waals surface area (Å²) in [6.45, 7) is 9.39. The fourth-order valence-corrected chi connectivity index (χ4v) is 1.72. The molecule has 0 saturated heterocycles. The van der Waals surface area contributed by atoms with Gasteiger partial charge in [0, 0.05) is 13.3 Å². The van der Waals surface area contributed by atoms with E-state index in [9.17, 15) is 4.79 Å². The van der Waals surface area contributed by atoms with Gasteiger partial charge in [-0.25, -0.2) is 0 Å². The Morgan fingerprint density at radius 1 is 1.00 bits per heavy atom. The van der Waals surface area contributed by atoms with E-state index in [1.54, 1.807) is 0 Å². The molecular formula is C16H20N4O3. The van der Waals surface area contributed by atoms with Crippen molar-refractivity contribution in [1.82, 2.24) is 0 Å². The van der Waals surface area contributed by atoms with Crippen LogP contribution in [0.1, 0.15) is 47.5 Å². The second-order valence-electron chi connectivity index (χ2n) is 5.31. The minimum absolute atomic E-state index is 0.195. The number of hydrogen-bond donors (Lipinski definition) is 1. The summed E-state index contributed by atoms with van der Waals surface area (Å²) in [5.41, 5.74) is 2.45. The molecule has 0 aromatic rings. The summed E-state index contributed by atoms with van der Waals surface area (Å²) < 4.78 is 0. The number of carboxylic acid groups (broad SMARTS) is 1. The summed E-state index contributed by atoms with van der Waals surface area (Å²) in [5, 5.41) is 36.5. The van der Waals surface area contributed by atoms with E-state index in [-0.39, 0.29) is 5.41 Å². The second kappa shape index (κ2) is 13.8. The molecule has 7 heteroatoms. The van der Waals surface area contributed by atoms with Crippen LogP contribution in [0.15, 0.2) is 11.1 Å². The van der Waals surface area contributed by atoms with Crippen molar-refractivity contribution in [2.24, 2.45) is 5.41 Å². The zero-order chi connectivity index (χ0) is 19.1. The second-order valence-corrected chi connectivity index (χ2v) is 5.31. The third kappa shape index (κ3) is 18.8. The lowest BCUT2D eigenvalue weighted by molar-refractivity contribution is -0.134. The first-order valence-electron chi connectivity index (χ1n) is 6.44. The summed E-state index contributed by atoms with van der Waals surface area (Å²) in [5.74, 6) is -0.501. The van der Waals surface area contributed by atoms with Crippen LogP contribution >= 0.6 is 0 Å². The highest BCUT2D eigenvalue weighted by Crippen LogP contribution is 2.36. The van der Waals surface area contributed by atoms with Crippen molar-refractivity contribution in [3.05, 3.63) is 11.1 Å². The van der Waals surface area contributed by atoms with Crippen LogP contribution in [0.5, 0.6) is 0 Å². The SMILES string of the molecule is CC(=O)O.CC1=C(C)C(=O)CC(C)(C)C1.N#CC#N.N#CC#N. The van der Waals surface area contributed by atoms with E-state index >= 15 is 0 Å². The third-order valence-corrected chi connectivity index (χ3v) is 2.54. The molecule has 0 heterocycles. The molecule has 1 aliphatic carbocycles. The third-order valence-electron chi connectivity index (χ3n) is 2.54. The Morgan fingerprint density at radius 2 is 1.30 bits per heavy atom. The molecule has 0 amide bonds. The molecule has 122 valence electrons. The number of nitriles is 4. The van der Waals surface area contributed by atoms with Gasteiger partial charge in [-0.1, -0.05) is 19.4 Å². The van der Waals surface area contributed by atoms with Gasteiger partial charge < -0.3 is 5.11 Å². The fraction of sp³-hybridized carbons (Fsp3) is 0.500. The zero-order valence-electron chi connectivity index (χ0n) is 14.0. The summed E-state index contributed by atoms with van der Waals surface area (Å²) in [4.78, 5) is 20.4. The van der Waals surface area contributed by atoms with E-state index in [2.05, 4.69) is 20.8 Å². The van der Waals surface area contributed by atoms with Gasteiger partial charge in [-0.3, -0.25) is 9.59 Å². The molecule has 1 N–H and O–H groups in total. The first-order chi connectivity index (χ1) is 10.5. The molecule has 1 aliphatic rings. The molecule has 0 aromatic heterocycles. The zero-order valence-corrected chi connectivity index (χ0v) is 14.0. The number of carbonyl (C=O) groups is 2. The van der Waals surface area contributed by atoms with Gasteiger partial charge in [0.15, 0.2) is 30.1 Å². The highest BCUT2D eigenvalue weighted by Gasteiger charge is 2.28. The Labute approximate surface area is 136 Å². The van der Waals surface area contributed by atoms with E-state index in [0.717, 1.165) is 25.3 Å². The van der Waals surface area contributed by atoms with Gasteiger partial charge in [0.2, 0.25) is 0 Å². The minimum Gasteiger partial charge on any atom is -0.481 e. The van der Waals surface area contributed by atoms with Crippen LogP contribution in [-0.2, 0) is 9.59 Å². The van der Waals surface area contributed by atoms with Crippen molar-refractivity contribution in [2.75, 3.05) is 0 Å². The van der Waals surface area contributed by atoms with Crippen LogP contribution in [0.2, 0.25) is 0 Å². The Kier molecular flexibility index (Phi) is 14.9. The average molecular weight is 316 g/mol. The summed E-state index contributed by atoms with van der Waals surface area (Å²) >= 11 is 0. The molecule has 0 fully saturated rings. The first kappa shape index (κ1) is 24.8. The number of aliphatic carboxylic acids is 1. The van der Waals surface area contributed by atoms with Gasteiger partial charge in [-0.05, 0) is 31.3 Å². The van der Waals surface area contributed by atoms with Crippen LogP contribution in [-0.4, -0.2) is 16.9 Å².